The van der Waals surface area contributed by atoms with Gasteiger partial charge in [-0.3, -0.25) is 4.79 Å². The van der Waals surface area contributed by atoms with Crippen molar-refractivity contribution in [1.82, 2.24) is 14.1 Å². The van der Waals surface area contributed by atoms with Crippen LogP contribution in [0.5, 0.6) is 0 Å². The number of hydrogen-bond donors (Lipinski definition) is 1. The minimum absolute atomic E-state index is 0.0242. The van der Waals surface area contributed by atoms with E-state index >= 15 is 0 Å². The fourth-order valence-corrected chi connectivity index (χ4v) is 3.48. The number of morpholine rings is 1. The number of sulfonamides is 1. The van der Waals surface area contributed by atoms with Gasteiger partial charge in [-0.1, -0.05) is 6.07 Å². The summed E-state index contributed by atoms with van der Waals surface area (Å²) in [6.07, 6.45) is 0. The Hall–Kier alpha value is -1.75. The van der Waals surface area contributed by atoms with Crippen molar-refractivity contribution in [3.05, 3.63) is 24.3 Å². The Balaban J connectivity index is 1.99. The van der Waals surface area contributed by atoms with E-state index in [2.05, 4.69) is 5.32 Å². The maximum Gasteiger partial charge on any atom is 0.242 e. The molecule has 1 aliphatic heterocycles. The average molecular weight is 401 g/mol. The van der Waals surface area contributed by atoms with Crippen LogP contribution >= 0.6 is 12.2 Å². The molecule has 1 saturated heterocycles. The predicted octanol–water partition coefficient (Wildman–Crippen LogP) is 0.424. The maximum atomic E-state index is 12.3. The van der Waals surface area contributed by atoms with E-state index in [1.54, 1.807) is 29.0 Å². The van der Waals surface area contributed by atoms with Crippen molar-refractivity contribution < 1.29 is 17.9 Å². The van der Waals surface area contributed by atoms with E-state index in [1.165, 1.54) is 26.2 Å². The summed E-state index contributed by atoms with van der Waals surface area (Å²) in [5.41, 5.74) is 0.545. The Bertz CT molecular complexity index is 761. The van der Waals surface area contributed by atoms with Gasteiger partial charge in [0.2, 0.25) is 15.9 Å². The number of benzene rings is 1. The van der Waals surface area contributed by atoms with Crippen LogP contribution in [-0.4, -0.2) is 87.5 Å². The van der Waals surface area contributed by atoms with Crippen LogP contribution in [0.4, 0.5) is 5.69 Å². The molecule has 1 fully saturated rings. The molecule has 2 rings (SSSR count). The van der Waals surface area contributed by atoms with Crippen molar-refractivity contribution in [3.8, 4) is 0 Å². The van der Waals surface area contributed by atoms with E-state index in [0.717, 1.165) is 4.31 Å². The molecule has 0 unspecified atom stereocenters. The molecular formula is C16H24N4O4S2. The Morgan fingerprint density at radius 2 is 1.92 bits per heavy atom. The van der Waals surface area contributed by atoms with Crippen LogP contribution in [0.2, 0.25) is 0 Å². The highest BCUT2D eigenvalue weighted by molar-refractivity contribution is 7.89. The van der Waals surface area contributed by atoms with Gasteiger partial charge < -0.3 is 19.9 Å². The van der Waals surface area contributed by atoms with E-state index in [9.17, 15) is 13.2 Å². The molecule has 0 saturated carbocycles. The predicted molar refractivity (Wildman–Crippen MR) is 104 cm³/mol. The zero-order valence-corrected chi connectivity index (χ0v) is 16.8. The minimum Gasteiger partial charge on any atom is -0.378 e. The van der Waals surface area contributed by atoms with Crippen LogP contribution in [0.3, 0.4) is 0 Å². The van der Waals surface area contributed by atoms with Gasteiger partial charge in [0.05, 0.1) is 24.7 Å². The lowest BCUT2D eigenvalue weighted by molar-refractivity contribution is -0.135. The van der Waals surface area contributed by atoms with Crippen LogP contribution < -0.4 is 5.32 Å². The van der Waals surface area contributed by atoms with E-state index in [0.29, 0.717) is 37.1 Å². The number of hydrogen-bond acceptors (Lipinski definition) is 5. The minimum atomic E-state index is -3.53. The van der Waals surface area contributed by atoms with Crippen molar-refractivity contribution in [1.29, 1.82) is 0 Å². The fraction of sp³-hybridized carbons (Fsp3) is 0.500. The third kappa shape index (κ3) is 5.13. The molecule has 1 amide bonds. The van der Waals surface area contributed by atoms with Gasteiger partial charge in [0.25, 0.3) is 0 Å². The summed E-state index contributed by atoms with van der Waals surface area (Å²) in [7, 11) is 1.15. The number of carbonyl (C=O) groups excluding carboxylic acids is 1. The number of ether oxygens (including phenoxy) is 1. The number of likely N-dealkylation sites (N-methyl/N-ethyl adjacent to an activating group) is 1. The van der Waals surface area contributed by atoms with Gasteiger partial charge in [-0.05, 0) is 30.4 Å². The highest BCUT2D eigenvalue weighted by atomic mass is 32.2. The molecule has 0 atom stereocenters. The van der Waals surface area contributed by atoms with Gasteiger partial charge in [-0.15, -0.1) is 0 Å². The average Bonchev–Trinajstić information content (AvgIpc) is 2.62. The second-order valence-corrected chi connectivity index (χ2v) is 8.63. The summed E-state index contributed by atoms with van der Waals surface area (Å²) in [5, 5.41) is 3.32. The molecule has 1 N–H and O–H groups in total. The molecule has 0 spiro atoms. The summed E-state index contributed by atoms with van der Waals surface area (Å²) < 4.78 is 30.8. The monoisotopic (exact) mass is 400 g/mol. The normalized spacial score (nSPS) is 15.0. The molecule has 8 nitrogen and oxygen atoms in total. The largest absolute Gasteiger partial charge is 0.378 e. The molecule has 1 aromatic carbocycles. The number of carbonyl (C=O) groups is 1. The molecule has 0 bridgehead atoms. The number of amides is 1. The highest BCUT2D eigenvalue weighted by Crippen LogP contribution is 2.18. The first-order valence-corrected chi connectivity index (χ1v) is 9.97. The number of anilines is 1. The fourth-order valence-electron chi connectivity index (χ4n) is 2.35. The second kappa shape index (κ2) is 8.76. The zero-order valence-electron chi connectivity index (χ0n) is 15.1. The Kier molecular flexibility index (Phi) is 6.93. The van der Waals surface area contributed by atoms with E-state index in [-0.39, 0.29) is 17.3 Å². The summed E-state index contributed by atoms with van der Waals surface area (Å²) in [4.78, 5) is 15.8. The van der Waals surface area contributed by atoms with E-state index in [4.69, 9.17) is 17.0 Å². The molecule has 144 valence electrons. The molecule has 1 aromatic rings. The zero-order chi connectivity index (χ0) is 19.3. The van der Waals surface area contributed by atoms with Gasteiger partial charge in [0.1, 0.15) is 0 Å². The highest BCUT2D eigenvalue weighted by Gasteiger charge is 2.20. The first-order chi connectivity index (χ1) is 12.2. The van der Waals surface area contributed by atoms with Gasteiger partial charge in [-0.2, -0.15) is 0 Å². The first kappa shape index (κ1) is 20.6. The van der Waals surface area contributed by atoms with E-state index in [1.807, 2.05) is 0 Å². The van der Waals surface area contributed by atoms with Crippen LogP contribution in [0, 0.1) is 0 Å². The summed E-state index contributed by atoms with van der Waals surface area (Å²) in [5.74, 6) is -0.0242. The second-order valence-electron chi connectivity index (χ2n) is 6.09. The number of rotatable bonds is 5. The molecule has 0 radical (unpaired) electrons. The molecule has 1 heterocycles. The van der Waals surface area contributed by atoms with Crippen LogP contribution in [0.1, 0.15) is 0 Å². The van der Waals surface area contributed by atoms with Crippen molar-refractivity contribution >= 4 is 38.9 Å². The molecule has 0 aliphatic carbocycles. The standard InChI is InChI=1S/C16H24N4O4S2/c1-18(2)26(22,23)14-6-4-5-13(11-14)17-16(25)19(3)12-15(21)20-7-9-24-10-8-20/h4-6,11H,7-10,12H2,1-3H3,(H,17,25). The topological polar surface area (TPSA) is 82.2 Å². The van der Waals surface area contributed by atoms with Crippen molar-refractivity contribution in [2.75, 3.05) is 59.3 Å². The van der Waals surface area contributed by atoms with Crippen LogP contribution in [0.15, 0.2) is 29.2 Å². The molecule has 26 heavy (non-hydrogen) atoms. The quantitative estimate of drug-likeness (QED) is 0.718. The van der Waals surface area contributed by atoms with Crippen LogP contribution in [0.25, 0.3) is 0 Å². The Morgan fingerprint density at radius 1 is 1.27 bits per heavy atom. The molecule has 1 aliphatic rings. The lowest BCUT2D eigenvalue weighted by Gasteiger charge is -2.29. The maximum absolute atomic E-state index is 12.3. The molecule has 0 aromatic heterocycles. The Labute approximate surface area is 159 Å². The van der Waals surface area contributed by atoms with Crippen LogP contribution in [-0.2, 0) is 19.6 Å². The van der Waals surface area contributed by atoms with Gasteiger partial charge in [0, 0.05) is 39.9 Å². The van der Waals surface area contributed by atoms with Gasteiger partial charge in [-0.25, -0.2) is 12.7 Å². The summed E-state index contributed by atoms with van der Waals surface area (Å²) in [6.45, 7) is 2.40. The SMILES string of the molecule is CN(CC(=O)N1CCOCC1)C(=S)Nc1cccc(S(=O)(=O)N(C)C)c1. The number of thiocarbonyl (C=S) groups is 1. The lowest BCUT2D eigenvalue weighted by atomic mass is 10.3. The molecule has 10 heteroatoms. The third-order valence-corrected chi connectivity index (χ3v) is 6.17. The Morgan fingerprint density at radius 3 is 2.54 bits per heavy atom. The van der Waals surface area contributed by atoms with E-state index < -0.39 is 10.0 Å². The lowest BCUT2D eigenvalue weighted by Crippen LogP contribution is -2.46. The summed E-state index contributed by atoms with van der Waals surface area (Å²) in [6, 6.07) is 6.40. The molecular weight excluding hydrogens is 376 g/mol. The summed E-state index contributed by atoms with van der Waals surface area (Å²) >= 11 is 5.33. The van der Waals surface area contributed by atoms with Crippen molar-refractivity contribution in [2.45, 2.75) is 4.90 Å². The first-order valence-electron chi connectivity index (χ1n) is 8.12. The van der Waals surface area contributed by atoms with Crippen molar-refractivity contribution in [3.63, 3.8) is 0 Å². The number of nitrogens with one attached hydrogen (secondary N) is 1. The third-order valence-electron chi connectivity index (χ3n) is 3.95. The number of nitrogens with zero attached hydrogens (tertiary/aromatic N) is 3. The van der Waals surface area contributed by atoms with Gasteiger partial charge in [0.15, 0.2) is 5.11 Å². The smallest absolute Gasteiger partial charge is 0.242 e. The van der Waals surface area contributed by atoms with Gasteiger partial charge >= 0.3 is 0 Å². The van der Waals surface area contributed by atoms with Crippen molar-refractivity contribution in [2.24, 2.45) is 0 Å².